The Morgan fingerprint density at radius 2 is 2.11 bits per heavy atom. The highest BCUT2D eigenvalue weighted by Crippen LogP contribution is 2.20. The fraction of sp³-hybridized carbons (Fsp3) is 0.167. The minimum Gasteiger partial charge on any atom is -0.386 e. The van der Waals surface area contributed by atoms with Crippen LogP contribution in [0.2, 0.25) is 0 Å². The maximum absolute atomic E-state index is 13.4. The van der Waals surface area contributed by atoms with Gasteiger partial charge in [0, 0.05) is 11.9 Å². The Morgan fingerprint density at radius 1 is 1.42 bits per heavy atom. The Kier molecular flexibility index (Phi) is 4.18. The summed E-state index contributed by atoms with van der Waals surface area (Å²) in [7, 11) is 0. The molecule has 0 aliphatic heterocycles. The van der Waals surface area contributed by atoms with Crippen molar-refractivity contribution in [2.75, 3.05) is 6.54 Å². The minimum atomic E-state index is -1.45. The predicted octanol–water partition coefficient (Wildman–Crippen LogP) is 1.88. The van der Waals surface area contributed by atoms with Crippen LogP contribution in [-0.4, -0.2) is 22.5 Å². The Labute approximate surface area is 111 Å². The standard InChI is InChI=1S/C12H10F2N2O2S/c13-7-2-1-3-8(14)11(7)10(17)4-15-12(18)9-5-19-6-16-9/h1-3,5-6,10,17H,4H2,(H,15,18). The first-order valence-electron chi connectivity index (χ1n) is 5.38. The molecule has 0 spiro atoms. The van der Waals surface area contributed by atoms with Crippen molar-refractivity contribution in [2.24, 2.45) is 0 Å². The first kappa shape index (κ1) is 13.6. The molecule has 0 aliphatic carbocycles. The second kappa shape index (κ2) is 5.85. The lowest BCUT2D eigenvalue weighted by atomic mass is 10.1. The Morgan fingerprint density at radius 3 is 2.68 bits per heavy atom. The van der Waals surface area contributed by atoms with E-state index < -0.39 is 29.2 Å². The highest BCUT2D eigenvalue weighted by Gasteiger charge is 2.19. The summed E-state index contributed by atoms with van der Waals surface area (Å²) in [4.78, 5) is 15.3. The molecule has 1 heterocycles. The number of aliphatic hydroxyl groups is 1. The minimum absolute atomic E-state index is 0.200. The monoisotopic (exact) mass is 284 g/mol. The van der Waals surface area contributed by atoms with Crippen LogP contribution in [0.4, 0.5) is 8.78 Å². The van der Waals surface area contributed by atoms with E-state index in [0.717, 1.165) is 12.1 Å². The molecular weight excluding hydrogens is 274 g/mol. The molecule has 2 N–H and O–H groups in total. The molecule has 0 aliphatic rings. The third-order valence-corrected chi connectivity index (χ3v) is 3.04. The van der Waals surface area contributed by atoms with Crippen molar-refractivity contribution in [2.45, 2.75) is 6.10 Å². The first-order valence-corrected chi connectivity index (χ1v) is 6.32. The van der Waals surface area contributed by atoms with E-state index in [9.17, 15) is 18.7 Å². The zero-order chi connectivity index (χ0) is 13.8. The molecule has 0 saturated heterocycles. The Bertz CT molecular complexity index is 555. The van der Waals surface area contributed by atoms with Crippen LogP contribution >= 0.6 is 11.3 Å². The summed E-state index contributed by atoms with van der Waals surface area (Å²) < 4.78 is 26.8. The molecule has 1 atom stereocenters. The number of nitrogens with one attached hydrogen (secondary N) is 1. The predicted molar refractivity (Wildman–Crippen MR) is 65.8 cm³/mol. The van der Waals surface area contributed by atoms with Gasteiger partial charge in [0.05, 0.1) is 11.1 Å². The summed E-state index contributed by atoms with van der Waals surface area (Å²) in [6.07, 6.45) is -1.45. The van der Waals surface area contributed by atoms with E-state index in [0.29, 0.717) is 0 Å². The topological polar surface area (TPSA) is 62.2 Å². The molecular formula is C12H10F2N2O2S. The van der Waals surface area contributed by atoms with E-state index in [1.54, 1.807) is 0 Å². The third-order valence-electron chi connectivity index (χ3n) is 2.45. The molecule has 1 aromatic carbocycles. The highest BCUT2D eigenvalue weighted by atomic mass is 32.1. The molecule has 1 amide bonds. The van der Waals surface area contributed by atoms with Crippen LogP contribution < -0.4 is 5.32 Å². The van der Waals surface area contributed by atoms with E-state index in [1.807, 2.05) is 0 Å². The summed E-state index contributed by atoms with van der Waals surface area (Å²) in [5.74, 6) is -2.21. The SMILES string of the molecule is O=C(NCC(O)c1c(F)cccc1F)c1cscn1. The van der Waals surface area contributed by atoms with Gasteiger partial charge in [-0.05, 0) is 12.1 Å². The fourth-order valence-corrected chi connectivity index (χ4v) is 2.07. The number of hydrogen-bond acceptors (Lipinski definition) is 4. The lowest BCUT2D eigenvalue weighted by Gasteiger charge is -2.13. The molecule has 0 bridgehead atoms. The molecule has 4 nitrogen and oxygen atoms in total. The zero-order valence-electron chi connectivity index (χ0n) is 9.64. The average molecular weight is 284 g/mol. The van der Waals surface area contributed by atoms with Gasteiger partial charge in [-0.1, -0.05) is 6.07 Å². The number of carbonyl (C=O) groups excluding carboxylic acids is 1. The number of rotatable bonds is 4. The molecule has 19 heavy (non-hydrogen) atoms. The van der Waals surface area contributed by atoms with Crippen LogP contribution in [0.5, 0.6) is 0 Å². The maximum atomic E-state index is 13.4. The van der Waals surface area contributed by atoms with Gasteiger partial charge in [0.25, 0.3) is 5.91 Å². The van der Waals surface area contributed by atoms with Gasteiger partial charge < -0.3 is 10.4 Å². The molecule has 100 valence electrons. The molecule has 1 aromatic heterocycles. The van der Waals surface area contributed by atoms with Crippen molar-refractivity contribution >= 4 is 17.2 Å². The zero-order valence-corrected chi connectivity index (χ0v) is 10.5. The van der Waals surface area contributed by atoms with Crippen LogP contribution in [0.1, 0.15) is 22.2 Å². The Hall–Kier alpha value is -1.86. The van der Waals surface area contributed by atoms with Gasteiger partial charge in [-0.3, -0.25) is 4.79 Å². The van der Waals surface area contributed by atoms with Crippen molar-refractivity contribution in [3.63, 3.8) is 0 Å². The average Bonchev–Trinajstić information content (AvgIpc) is 2.89. The molecule has 1 unspecified atom stereocenters. The lowest BCUT2D eigenvalue weighted by Crippen LogP contribution is -2.29. The number of aliphatic hydroxyl groups excluding tert-OH is 1. The third kappa shape index (κ3) is 3.12. The van der Waals surface area contributed by atoms with E-state index in [4.69, 9.17) is 0 Å². The van der Waals surface area contributed by atoms with Crippen molar-refractivity contribution < 1.29 is 18.7 Å². The van der Waals surface area contributed by atoms with E-state index in [1.165, 1.54) is 28.3 Å². The number of halogens is 2. The van der Waals surface area contributed by atoms with Crippen LogP contribution in [-0.2, 0) is 0 Å². The smallest absolute Gasteiger partial charge is 0.270 e. The number of thiazole rings is 1. The molecule has 0 fully saturated rings. The Balaban J connectivity index is 2.02. The molecule has 7 heteroatoms. The van der Waals surface area contributed by atoms with E-state index in [-0.39, 0.29) is 12.2 Å². The second-order valence-corrected chi connectivity index (χ2v) is 4.45. The van der Waals surface area contributed by atoms with Crippen molar-refractivity contribution in [1.29, 1.82) is 0 Å². The van der Waals surface area contributed by atoms with Gasteiger partial charge in [0.2, 0.25) is 0 Å². The van der Waals surface area contributed by atoms with Crippen LogP contribution in [0, 0.1) is 11.6 Å². The molecule has 2 aromatic rings. The fourth-order valence-electron chi connectivity index (χ4n) is 1.54. The second-order valence-electron chi connectivity index (χ2n) is 3.73. The number of benzene rings is 1. The highest BCUT2D eigenvalue weighted by molar-refractivity contribution is 7.07. The van der Waals surface area contributed by atoms with Crippen molar-refractivity contribution in [3.05, 3.63) is 52.0 Å². The van der Waals surface area contributed by atoms with Gasteiger partial charge in [-0.2, -0.15) is 0 Å². The summed E-state index contributed by atoms with van der Waals surface area (Å²) in [6, 6.07) is 3.29. The summed E-state index contributed by atoms with van der Waals surface area (Å²) >= 11 is 1.25. The number of amides is 1. The van der Waals surface area contributed by atoms with Gasteiger partial charge in [-0.15, -0.1) is 11.3 Å². The van der Waals surface area contributed by atoms with E-state index >= 15 is 0 Å². The van der Waals surface area contributed by atoms with Gasteiger partial charge in [0.15, 0.2) is 0 Å². The first-order chi connectivity index (χ1) is 9.09. The largest absolute Gasteiger partial charge is 0.386 e. The number of carbonyl (C=O) groups is 1. The summed E-state index contributed by atoms with van der Waals surface area (Å²) in [5.41, 5.74) is 1.23. The van der Waals surface area contributed by atoms with Gasteiger partial charge in [-0.25, -0.2) is 13.8 Å². The normalized spacial score (nSPS) is 12.2. The van der Waals surface area contributed by atoms with Crippen molar-refractivity contribution in [1.82, 2.24) is 10.3 Å². The quantitative estimate of drug-likeness (QED) is 0.901. The number of nitrogens with zero attached hydrogens (tertiary/aromatic N) is 1. The number of hydrogen-bond donors (Lipinski definition) is 2. The lowest BCUT2D eigenvalue weighted by molar-refractivity contribution is 0.0907. The molecule has 0 radical (unpaired) electrons. The van der Waals surface area contributed by atoms with Crippen LogP contribution in [0.25, 0.3) is 0 Å². The van der Waals surface area contributed by atoms with Crippen LogP contribution in [0.3, 0.4) is 0 Å². The van der Waals surface area contributed by atoms with E-state index in [2.05, 4.69) is 10.3 Å². The summed E-state index contributed by atoms with van der Waals surface area (Å²) in [5, 5.41) is 13.6. The maximum Gasteiger partial charge on any atom is 0.270 e. The molecule has 0 saturated carbocycles. The number of aromatic nitrogens is 1. The van der Waals surface area contributed by atoms with Crippen LogP contribution in [0.15, 0.2) is 29.1 Å². The summed E-state index contributed by atoms with van der Waals surface area (Å²) in [6.45, 7) is -0.297. The van der Waals surface area contributed by atoms with Gasteiger partial charge >= 0.3 is 0 Å². The van der Waals surface area contributed by atoms with Crippen molar-refractivity contribution in [3.8, 4) is 0 Å². The van der Waals surface area contributed by atoms with Gasteiger partial charge in [0.1, 0.15) is 23.4 Å². The molecule has 2 rings (SSSR count).